The van der Waals surface area contributed by atoms with Crippen molar-refractivity contribution in [2.75, 3.05) is 4.90 Å². The molecule has 0 radical (unpaired) electrons. The topological polar surface area (TPSA) is 83.0 Å². The van der Waals surface area contributed by atoms with Crippen LogP contribution in [0, 0.1) is 23.7 Å². The molecular formula is C22H22N4OS. The summed E-state index contributed by atoms with van der Waals surface area (Å²) in [6, 6.07) is 10.1. The molecule has 0 bridgehead atoms. The van der Waals surface area contributed by atoms with Crippen molar-refractivity contribution in [2.45, 2.75) is 39.5 Å². The molecule has 0 amide bonds. The van der Waals surface area contributed by atoms with Gasteiger partial charge in [-0.25, -0.2) is 0 Å². The van der Waals surface area contributed by atoms with Crippen molar-refractivity contribution >= 4 is 22.8 Å². The maximum absolute atomic E-state index is 13.3. The maximum Gasteiger partial charge on any atom is 0.162 e. The van der Waals surface area contributed by atoms with Crippen molar-refractivity contribution in [2.24, 2.45) is 11.1 Å². The van der Waals surface area contributed by atoms with E-state index in [4.69, 9.17) is 5.73 Å². The van der Waals surface area contributed by atoms with Gasteiger partial charge in [-0.2, -0.15) is 5.26 Å². The number of nitriles is 1. The quantitative estimate of drug-likeness (QED) is 0.822. The fraction of sp³-hybridized carbons (Fsp3) is 0.318. The van der Waals surface area contributed by atoms with Gasteiger partial charge in [0.1, 0.15) is 5.82 Å². The molecular weight excluding hydrogens is 368 g/mol. The smallest absolute Gasteiger partial charge is 0.162 e. The van der Waals surface area contributed by atoms with E-state index in [0.29, 0.717) is 29.8 Å². The monoisotopic (exact) mass is 390 g/mol. The molecule has 3 heterocycles. The van der Waals surface area contributed by atoms with Crippen molar-refractivity contribution in [3.63, 3.8) is 0 Å². The van der Waals surface area contributed by atoms with Crippen molar-refractivity contribution < 1.29 is 4.79 Å². The second kappa shape index (κ2) is 6.61. The van der Waals surface area contributed by atoms with Gasteiger partial charge in [0.05, 0.1) is 29.4 Å². The second-order valence-corrected chi connectivity index (χ2v) is 9.46. The van der Waals surface area contributed by atoms with E-state index in [2.05, 4.69) is 24.9 Å². The van der Waals surface area contributed by atoms with Gasteiger partial charge in [0.15, 0.2) is 5.78 Å². The van der Waals surface area contributed by atoms with Crippen LogP contribution in [0.5, 0.6) is 0 Å². The van der Waals surface area contributed by atoms with Crippen LogP contribution in [0.1, 0.15) is 42.4 Å². The molecule has 0 aromatic carbocycles. The molecule has 1 atom stereocenters. The Morgan fingerprint density at radius 1 is 1.32 bits per heavy atom. The standard InChI is InChI=1S/C22H22N4OS/c1-13-6-7-18(28-13)19-15(11-23)21(24)26(14-5-4-8-25-12-14)16-9-22(2,3)10-17(27)20(16)19/h4-8,12,19H,9-10,24H2,1-3H3. The van der Waals surface area contributed by atoms with Gasteiger partial charge in [-0.3, -0.25) is 14.7 Å². The van der Waals surface area contributed by atoms with Crippen molar-refractivity contribution in [3.05, 3.63) is 69.1 Å². The number of thiophene rings is 1. The molecule has 1 aliphatic heterocycles. The van der Waals surface area contributed by atoms with Crippen LogP contribution in [-0.2, 0) is 4.79 Å². The van der Waals surface area contributed by atoms with Crippen LogP contribution in [0.4, 0.5) is 5.69 Å². The predicted octanol–water partition coefficient (Wildman–Crippen LogP) is 4.39. The lowest BCUT2D eigenvalue weighted by Crippen LogP contribution is -2.42. The molecule has 2 aliphatic rings. The lowest BCUT2D eigenvalue weighted by molar-refractivity contribution is -0.118. The van der Waals surface area contributed by atoms with E-state index in [9.17, 15) is 10.1 Å². The van der Waals surface area contributed by atoms with Crippen LogP contribution < -0.4 is 10.6 Å². The van der Waals surface area contributed by atoms with Gasteiger partial charge < -0.3 is 5.73 Å². The molecule has 5 nitrogen and oxygen atoms in total. The highest BCUT2D eigenvalue weighted by molar-refractivity contribution is 7.12. The van der Waals surface area contributed by atoms with E-state index in [1.807, 2.05) is 36.1 Å². The zero-order valence-corrected chi connectivity index (χ0v) is 17.0. The molecule has 0 fully saturated rings. The van der Waals surface area contributed by atoms with Crippen LogP contribution in [0.2, 0.25) is 0 Å². The summed E-state index contributed by atoms with van der Waals surface area (Å²) in [5.41, 5.74) is 9.18. The minimum atomic E-state index is -0.393. The third-order valence-corrected chi connectivity index (χ3v) is 6.40. The van der Waals surface area contributed by atoms with Crippen molar-refractivity contribution in [1.82, 2.24) is 4.98 Å². The first-order chi connectivity index (χ1) is 13.3. The van der Waals surface area contributed by atoms with E-state index in [1.54, 1.807) is 23.7 Å². The number of carbonyl (C=O) groups is 1. The number of aryl methyl sites for hydroxylation is 1. The van der Waals surface area contributed by atoms with E-state index >= 15 is 0 Å². The number of rotatable bonds is 2. The predicted molar refractivity (Wildman–Crippen MR) is 110 cm³/mol. The van der Waals surface area contributed by atoms with Gasteiger partial charge in [0, 0.05) is 33.6 Å². The number of Topliss-reactive ketones (excluding diaryl/α,β-unsaturated/α-hetero) is 1. The Morgan fingerprint density at radius 3 is 2.71 bits per heavy atom. The molecule has 0 spiro atoms. The van der Waals surface area contributed by atoms with Crippen molar-refractivity contribution in [3.8, 4) is 6.07 Å². The number of anilines is 1. The third-order valence-electron chi connectivity index (χ3n) is 5.33. The summed E-state index contributed by atoms with van der Waals surface area (Å²) >= 11 is 1.61. The summed E-state index contributed by atoms with van der Waals surface area (Å²) in [7, 11) is 0. The maximum atomic E-state index is 13.3. The first-order valence-electron chi connectivity index (χ1n) is 9.25. The Hall–Kier alpha value is -2.91. The van der Waals surface area contributed by atoms with E-state index in [0.717, 1.165) is 21.1 Å². The van der Waals surface area contributed by atoms with Crippen LogP contribution in [0.15, 0.2) is 59.3 Å². The number of nitrogens with two attached hydrogens (primary N) is 1. The lowest BCUT2D eigenvalue weighted by atomic mass is 9.69. The number of carbonyl (C=O) groups excluding carboxylic acids is 1. The largest absolute Gasteiger partial charge is 0.384 e. The highest BCUT2D eigenvalue weighted by atomic mass is 32.1. The van der Waals surface area contributed by atoms with Gasteiger partial charge in [0.2, 0.25) is 0 Å². The number of allylic oxidation sites excluding steroid dienone is 3. The molecule has 0 saturated carbocycles. The van der Waals surface area contributed by atoms with Gasteiger partial charge in [0.25, 0.3) is 0 Å². The van der Waals surface area contributed by atoms with Gasteiger partial charge >= 0.3 is 0 Å². The van der Waals surface area contributed by atoms with Gasteiger partial charge in [-0.1, -0.05) is 13.8 Å². The molecule has 1 aliphatic carbocycles. The Kier molecular flexibility index (Phi) is 4.35. The molecule has 0 saturated heterocycles. The molecule has 1 unspecified atom stereocenters. The minimum absolute atomic E-state index is 0.0939. The second-order valence-electron chi connectivity index (χ2n) is 8.14. The van der Waals surface area contributed by atoms with E-state index in [1.165, 1.54) is 0 Å². The van der Waals surface area contributed by atoms with Crippen molar-refractivity contribution in [1.29, 1.82) is 5.26 Å². The summed E-state index contributed by atoms with van der Waals surface area (Å²) in [6.07, 6.45) is 4.59. The van der Waals surface area contributed by atoms with Crippen LogP contribution >= 0.6 is 11.3 Å². The van der Waals surface area contributed by atoms with Gasteiger partial charge in [-0.05, 0) is 43.0 Å². The molecule has 2 aromatic rings. The minimum Gasteiger partial charge on any atom is -0.384 e. The number of hydrogen-bond acceptors (Lipinski definition) is 6. The number of pyridine rings is 1. The van der Waals surface area contributed by atoms with E-state index < -0.39 is 5.92 Å². The van der Waals surface area contributed by atoms with E-state index in [-0.39, 0.29) is 11.2 Å². The van der Waals surface area contributed by atoms with Crippen LogP contribution in [0.25, 0.3) is 0 Å². The highest BCUT2D eigenvalue weighted by Gasteiger charge is 2.45. The average molecular weight is 391 g/mol. The fourth-order valence-corrected chi connectivity index (χ4v) is 5.18. The third kappa shape index (κ3) is 2.92. The molecule has 2 aromatic heterocycles. The fourth-order valence-electron chi connectivity index (χ4n) is 4.18. The Labute approximate surface area is 168 Å². The zero-order valence-electron chi connectivity index (χ0n) is 16.2. The number of aromatic nitrogens is 1. The molecule has 28 heavy (non-hydrogen) atoms. The summed E-state index contributed by atoms with van der Waals surface area (Å²) < 4.78 is 0. The summed E-state index contributed by atoms with van der Waals surface area (Å²) in [5.74, 6) is 0.0856. The Morgan fingerprint density at radius 2 is 2.11 bits per heavy atom. The average Bonchev–Trinajstić information content (AvgIpc) is 3.06. The number of ketones is 1. The van der Waals surface area contributed by atoms with Crippen LogP contribution in [-0.4, -0.2) is 10.8 Å². The summed E-state index contributed by atoms with van der Waals surface area (Å²) in [4.78, 5) is 21.5. The normalized spacial score (nSPS) is 21.6. The highest BCUT2D eigenvalue weighted by Crippen LogP contribution is 2.50. The summed E-state index contributed by atoms with van der Waals surface area (Å²) in [6.45, 7) is 6.22. The number of nitrogens with zero attached hydrogens (tertiary/aromatic N) is 3. The Bertz CT molecular complexity index is 1060. The lowest BCUT2D eigenvalue weighted by Gasteiger charge is -2.43. The first-order valence-corrected chi connectivity index (χ1v) is 10.1. The van der Waals surface area contributed by atoms with Crippen LogP contribution in [0.3, 0.4) is 0 Å². The Balaban J connectivity index is 2.00. The molecule has 2 N–H and O–H groups in total. The number of hydrogen-bond donors (Lipinski definition) is 1. The molecule has 4 rings (SSSR count). The SMILES string of the molecule is Cc1ccc(C2C(C#N)=C(N)N(c3cccnc3)C3=C2C(=O)CC(C)(C)C3)s1. The molecule has 6 heteroatoms. The molecule has 142 valence electrons. The summed E-state index contributed by atoms with van der Waals surface area (Å²) in [5, 5.41) is 9.98. The zero-order chi connectivity index (χ0) is 20.1. The first kappa shape index (κ1) is 18.5. The van der Waals surface area contributed by atoms with Gasteiger partial charge in [-0.15, -0.1) is 11.3 Å².